The van der Waals surface area contributed by atoms with Crippen LogP contribution < -0.4 is 39.4 Å². The van der Waals surface area contributed by atoms with Crippen LogP contribution in [-0.2, 0) is 4.79 Å². The van der Waals surface area contributed by atoms with Gasteiger partial charge in [0.05, 0.1) is 0 Å². The van der Waals surface area contributed by atoms with Crippen LogP contribution >= 0.6 is 0 Å². The van der Waals surface area contributed by atoms with Gasteiger partial charge in [0.2, 0.25) is 0 Å². The van der Waals surface area contributed by atoms with Gasteiger partial charge >= 0.3 is 35.5 Å². The number of carbonyl (C=O) groups excluding carboxylic acids is 1. The minimum Gasteiger partial charge on any atom is -0.872 e. The Hall–Kier alpha value is -1.55. The van der Waals surface area contributed by atoms with E-state index in [1.54, 1.807) is 42.5 Å². The van der Waals surface area contributed by atoms with E-state index in [1.165, 1.54) is 18.2 Å². The number of esters is 1. The largest absolute Gasteiger partial charge is 1.00 e. The second kappa shape index (κ2) is 7.79. The summed E-state index contributed by atoms with van der Waals surface area (Å²) in [4.78, 5) is 11.5. The molecular weight excluding hydrogens is 251 g/mol. The molecule has 3 nitrogen and oxygen atoms in total. The molecule has 0 amide bonds. The van der Waals surface area contributed by atoms with Crippen molar-refractivity contribution < 1.29 is 44.2 Å². The zero-order valence-electron chi connectivity index (χ0n) is 10.6. The first-order valence-corrected chi connectivity index (χ1v) is 5.46. The van der Waals surface area contributed by atoms with Crippen LogP contribution in [0.3, 0.4) is 0 Å². The van der Waals surface area contributed by atoms with E-state index in [2.05, 4.69) is 0 Å². The topological polar surface area (TPSA) is 49.4 Å². The van der Waals surface area contributed by atoms with Crippen LogP contribution in [0.25, 0.3) is 6.08 Å². The summed E-state index contributed by atoms with van der Waals surface area (Å²) in [6.07, 6.45) is 2.93. The smallest absolute Gasteiger partial charge is 0.872 e. The summed E-state index contributed by atoms with van der Waals surface area (Å²) in [6.45, 7) is 0. The van der Waals surface area contributed by atoms with Gasteiger partial charge in [-0.1, -0.05) is 42.5 Å². The van der Waals surface area contributed by atoms with Crippen molar-refractivity contribution in [2.24, 2.45) is 0 Å². The van der Waals surface area contributed by atoms with E-state index >= 15 is 0 Å². The van der Waals surface area contributed by atoms with Crippen LogP contribution in [0, 0.1) is 0 Å². The SMILES string of the molecule is O=C(/C=C/c1ccc([O-])cc1)Oc1ccccc1.[Na+]. The third-order valence-electron chi connectivity index (χ3n) is 2.25. The van der Waals surface area contributed by atoms with Gasteiger partial charge in [-0.2, -0.15) is 0 Å². The van der Waals surface area contributed by atoms with Gasteiger partial charge in [0.1, 0.15) is 5.75 Å². The molecule has 0 saturated heterocycles. The van der Waals surface area contributed by atoms with Crippen LogP contribution in [0.1, 0.15) is 5.56 Å². The van der Waals surface area contributed by atoms with Gasteiger partial charge in [0, 0.05) is 6.08 Å². The first kappa shape index (κ1) is 15.5. The Labute approximate surface area is 133 Å². The van der Waals surface area contributed by atoms with Gasteiger partial charge in [0.15, 0.2) is 0 Å². The Kier molecular flexibility index (Phi) is 6.36. The van der Waals surface area contributed by atoms with E-state index in [0.717, 1.165) is 5.56 Å². The quantitative estimate of drug-likeness (QED) is 0.321. The van der Waals surface area contributed by atoms with Gasteiger partial charge in [-0.3, -0.25) is 0 Å². The maximum atomic E-state index is 11.5. The van der Waals surface area contributed by atoms with Gasteiger partial charge in [0.25, 0.3) is 0 Å². The molecule has 4 heteroatoms. The molecule has 0 bridgehead atoms. The first-order chi connectivity index (χ1) is 8.74. The monoisotopic (exact) mass is 262 g/mol. The van der Waals surface area contributed by atoms with Crippen LogP contribution in [0.4, 0.5) is 0 Å². The van der Waals surface area contributed by atoms with Crippen molar-refractivity contribution in [2.75, 3.05) is 0 Å². The molecule has 0 spiro atoms. The average Bonchev–Trinajstić information content (AvgIpc) is 2.39. The Bertz CT molecular complexity index is 547. The molecule has 0 saturated carbocycles. The Morgan fingerprint density at radius 3 is 2.26 bits per heavy atom. The molecule has 0 aliphatic heterocycles. The van der Waals surface area contributed by atoms with Crippen molar-refractivity contribution in [1.82, 2.24) is 0 Å². The minimum atomic E-state index is -0.451. The molecule has 0 aliphatic carbocycles. The van der Waals surface area contributed by atoms with Gasteiger partial charge in [-0.15, -0.1) is 5.75 Å². The summed E-state index contributed by atoms with van der Waals surface area (Å²) in [7, 11) is 0. The summed E-state index contributed by atoms with van der Waals surface area (Å²) >= 11 is 0. The summed E-state index contributed by atoms with van der Waals surface area (Å²) in [5, 5.41) is 10.9. The van der Waals surface area contributed by atoms with Crippen molar-refractivity contribution in [3.8, 4) is 11.5 Å². The Morgan fingerprint density at radius 2 is 1.63 bits per heavy atom. The molecule has 2 aromatic rings. The number of benzene rings is 2. The molecule has 0 aliphatic rings. The molecule has 0 aromatic heterocycles. The minimum absolute atomic E-state index is 0. The second-order valence-electron chi connectivity index (χ2n) is 3.64. The van der Waals surface area contributed by atoms with Crippen LogP contribution in [0.2, 0.25) is 0 Å². The summed E-state index contributed by atoms with van der Waals surface area (Å²) < 4.78 is 5.07. The molecule has 90 valence electrons. The van der Waals surface area contributed by atoms with Crippen molar-refractivity contribution >= 4 is 12.0 Å². The fourth-order valence-electron chi connectivity index (χ4n) is 1.38. The van der Waals surface area contributed by atoms with Crippen molar-refractivity contribution in [1.29, 1.82) is 0 Å². The first-order valence-electron chi connectivity index (χ1n) is 5.46. The fourth-order valence-corrected chi connectivity index (χ4v) is 1.38. The number of hydrogen-bond acceptors (Lipinski definition) is 3. The van der Waals surface area contributed by atoms with E-state index in [1.807, 2.05) is 6.07 Å². The molecule has 2 aromatic carbocycles. The zero-order chi connectivity index (χ0) is 12.8. The third-order valence-corrected chi connectivity index (χ3v) is 2.25. The molecule has 0 atom stereocenters. The van der Waals surface area contributed by atoms with E-state index in [9.17, 15) is 9.90 Å². The number of para-hydroxylation sites is 1. The van der Waals surface area contributed by atoms with E-state index < -0.39 is 5.97 Å². The van der Waals surface area contributed by atoms with Crippen LogP contribution in [-0.4, -0.2) is 5.97 Å². The number of hydrogen-bond donors (Lipinski definition) is 0. The van der Waals surface area contributed by atoms with Gasteiger partial charge in [-0.05, 0) is 23.8 Å². The molecule has 0 heterocycles. The van der Waals surface area contributed by atoms with Crippen molar-refractivity contribution in [3.05, 3.63) is 66.2 Å². The molecule has 0 fully saturated rings. The molecular formula is C15H11NaO3. The van der Waals surface area contributed by atoms with Gasteiger partial charge in [-0.25, -0.2) is 4.79 Å². The maximum absolute atomic E-state index is 11.5. The van der Waals surface area contributed by atoms with E-state index in [-0.39, 0.29) is 35.3 Å². The van der Waals surface area contributed by atoms with Crippen molar-refractivity contribution in [3.63, 3.8) is 0 Å². The van der Waals surface area contributed by atoms with Crippen LogP contribution in [0.5, 0.6) is 11.5 Å². The maximum Gasteiger partial charge on any atom is 1.00 e. The number of rotatable bonds is 3. The molecule has 2 rings (SSSR count). The normalized spacial score (nSPS) is 9.89. The summed E-state index contributed by atoms with van der Waals surface area (Å²) in [6, 6.07) is 15.0. The zero-order valence-corrected chi connectivity index (χ0v) is 12.6. The Balaban J connectivity index is 0.00000180. The fraction of sp³-hybridized carbons (Fsp3) is 0. The second-order valence-corrected chi connectivity index (χ2v) is 3.64. The number of ether oxygens (including phenoxy) is 1. The molecule has 0 radical (unpaired) electrons. The van der Waals surface area contributed by atoms with E-state index in [4.69, 9.17) is 4.74 Å². The van der Waals surface area contributed by atoms with Crippen LogP contribution in [0.15, 0.2) is 60.7 Å². The predicted octanol–water partition coefficient (Wildman–Crippen LogP) is -0.617. The summed E-state index contributed by atoms with van der Waals surface area (Å²) in [5.74, 6) is -0.00605. The predicted molar refractivity (Wildman–Crippen MR) is 67.0 cm³/mol. The van der Waals surface area contributed by atoms with E-state index in [0.29, 0.717) is 5.75 Å². The third kappa shape index (κ3) is 5.30. The Morgan fingerprint density at radius 1 is 1.00 bits per heavy atom. The number of carbonyl (C=O) groups is 1. The van der Waals surface area contributed by atoms with Gasteiger partial charge < -0.3 is 9.84 Å². The molecule has 19 heavy (non-hydrogen) atoms. The molecule has 0 unspecified atom stereocenters. The molecule has 0 N–H and O–H groups in total. The standard InChI is InChI=1S/C15H12O3.Na/c16-13-9-6-12(7-10-13)8-11-15(17)18-14-4-2-1-3-5-14;/h1-11,16H;/q;+1/p-1/b11-8+;. The summed E-state index contributed by atoms with van der Waals surface area (Å²) in [5.41, 5.74) is 0.777. The average molecular weight is 262 g/mol. The van der Waals surface area contributed by atoms with Crippen molar-refractivity contribution in [2.45, 2.75) is 0 Å².